The molecule has 0 unspecified atom stereocenters. The van der Waals surface area contributed by atoms with Crippen LogP contribution in [0.3, 0.4) is 0 Å². The Bertz CT molecular complexity index is 1010. The monoisotopic (exact) mass is 419 g/mol. The molecule has 2 aliphatic rings. The van der Waals surface area contributed by atoms with Crippen LogP contribution in [0.25, 0.3) is 0 Å². The summed E-state index contributed by atoms with van der Waals surface area (Å²) in [7, 11) is -2.04. The summed E-state index contributed by atoms with van der Waals surface area (Å²) in [5.74, 6) is 1.01. The highest BCUT2D eigenvalue weighted by Crippen LogP contribution is 2.42. The van der Waals surface area contributed by atoms with Gasteiger partial charge in [0.1, 0.15) is 11.5 Å². The maximum absolute atomic E-state index is 13.0. The molecule has 3 heterocycles. The van der Waals surface area contributed by atoms with Crippen LogP contribution in [0.5, 0.6) is 5.75 Å². The van der Waals surface area contributed by atoms with E-state index in [1.165, 1.54) is 7.11 Å². The zero-order valence-electron chi connectivity index (χ0n) is 16.6. The number of carbonyl (C=O) groups is 1. The average Bonchev–Trinajstić information content (AvgIpc) is 3.35. The lowest BCUT2D eigenvalue weighted by molar-refractivity contribution is 0.0740. The van der Waals surface area contributed by atoms with Gasteiger partial charge in [0.25, 0.3) is 5.91 Å². The van der Waals surface area contributed by atoms with Crippen LogP contribution in [0.4, 0.5) is 0 Å². The van der Waals surface area contributed by atoms with Gasteiger partial charge in [-0.05, 0) is 43.7 Å². The van der Waals surface area contributed by atoms with Gasteiger partial charge in [-0.25, -0.2) is 8.42 Å². The Morgan fingerprint density at radius 3 is 2.55 bits per heavy atom. The third kappa shape index (κ3) is 3.76. The molecule has 9 heteroatoms. The second-order valence-corrected chi connectivity index (χ2v) is 9.82. The lowest BCUT2D eigenvalue weighted by Gasteiger charge is -2.38. The zero-order chi connectivity index (χ0) is 20.6. The molecule has 1 spiro atoms. The Labute approximate surface area is 170 Å². The SMILES string of the molecule is COc1cccc(S(=O)(=O)N2CCC3(CCN(C(=O)c4cc(C)on4)C3)CC2)c1. The summed E-state index contributed by atoms with van der Waals surface area (Å²) in [4.78, 5) is 14.7. The van der Waals surface area contributed by atoms with Crippen molar-refractivity contribution in [3.05, 3.63) is 41.8 Å². The Hall–Kier alpha value is -2.39. The molecule has 0 aliphatic carbocycles. The van der Waals surface area contributed by atoms with Crippen molar-refractivity contribution in [1.29, 1.82) is 0 Å². The summed E-state index contributed by atoms with van der Waals surface area (Å²) in [5, 5.41) is 3.82. The molecule has 1 aromatic carbocycles. The van der Waals surface area contributed by atoms with Gasteiger partial charge in [0.2, 0.25) is 10.0 Å². The molecule has 0 bridgehead atoms. The molecule has 29 heavy (non-hydrogen) atoms. The smallest absolute Gasteiger partial charge is 0.276 e. The molecule has 1 amide bonds. The molecule has 2 saturated heterocycles. The molecular formula is C20H25N3O5S. The van der Waals surface area contributed by atoms with E-state index in [0.717, 1.165) is 19.3 Å². The van der Waals surface area contributed by atoms with Crippen molar-refractivity contribution >= 4 is 15.9 Å². The van der Waals surface area contributed by atoms with Crippen LogP contribution in [0.1, 0.15) is 35.5 Å². The van der Waals surface area contributed by atoms with E-state index in [1.54, 1.807) is 41.6 Å². The highest BCUT2D eigenvalue weighted by molar-refractivity contribution is 7.89. The van der Waals surface area contributed by atoms with Crippen molar-refractivity contribution in [3.8, 4) is 5.75 Å². The third-order valence-electron chi connectivity index (χ3n) is 6.03. The molecule has 0 atom stereocenters. The number of benzene rings is 1. The lowest BCUT2D eigenvalue weighted by Crippen LogP contribution is -2.44. The van der Waals surface area contributed by atoms with E-state index in [1.807, 2.05) is 4.90 Å². The largest absolute Gasteiger partial charge is 0.497 e. The summed E-state index contributed by atoms with van der Waals surface area (Å²) in [5.41, 5.74) is 0.298. The summed E-state index contributed by atoms with van der Waals surface area (Å²) in [6, 6.07) is 8.21. The van der Waals surface area contributed by atoms with Crippen molar-refractivity contribution < 1.29 is 22.5 Å². The first kappa shape index (κ1) is 19.9. The number of aromatic nitrogens is 1. The number of ether oxygens (including phenoxy) is 1. The first-order chi connectivity index (χ1) is 13.8. The minimum Gasteiger partial charge on any atom is -0.497 e. The lowest BCUT2D eigenvalue weighted by atomic mass is 9.78. The van der Waals surface area contributed by atoms with Gasteiger partial charge in [-0.15, -0.1) is 0 Å². The van der Waals surface area contributed by atoms with Crippen molar-refractivity contribution in [2.24, 2.45) is 5.41 Å². The van der Waals surface area contributed by atoms with Crippen molar-refractivity contribution in [2.75, 3.05) is 33.3 Å². The number of rotatable bonds is 4. The van der Waals surface area contributed by atoms with Crippen LogP contribution >= 0.6 is 0 Å². The summed E-state index contributed by atoms with van der Waals surface area (Å²) >= 11 is 0. The number of amides is 1. The van der Waals surface area contributed by atoms with Crippen molar-refractivity contribution in [3.63, 3.8) is 0 Å². The predicted molar refractivity (Wildman–Crippen MR) is 105 cm³/mol. The highest BCUT2D eigenvalue weighted by atomic mass is 32.2. The molecule has 4 rings (SSSR count). The number of carbonyl (C=O) groups excluding carboxylic acids is 1. The fourth-order valence-electron chi connectivity index (χ4n) is 4.26. The number of likely N-dealkylation sites (tertiary alicyclic amines) is 1. The number of methoxy groups -OCH3 is 1. The summed E-state index contributed by atoms with van der Waals surface area (Å²) < 4.78 is 37.7. The Balaban J connectivity index is 1.42. The van der Waals surface area contributed by atoms with Crippen LogP contribution < -0.4 is 4.74 Å². The number of hydrogen-bond donors (Lipinski definition) is 0. The molecule has 1 aromatic heterocycles. The van der Waals surface area contributed by atoms with Crippen LogP contribution in [0.2, 0.25) is 0 Å². The second kappa shape index (κ2) is 7.46. The molecule has 2 aliphatic heterocycles. The number of aryl methyl sites for hydroxylation is 1. The van der Waals surface area contributed by atoms with Gasteiger partial charge in [-0.2, -0.15) is 4.31 Å². The van der Waals surface area contributed by atoms with Gasteiger partial charge >= 0.3 is 0 Å². The quantitative estimate of drug-likeness (QED) is 0.755. The van der Waals surface area contributed by atoms with E-state index in [9.17, 15) is 13.2 Å². The van der Waals surface area contributed by atoms with Gasteiger partial charge in [-0.1, -0.05) is 11.2 Å². The number of hydrogen-bond acceptors (Lipinski definition) is 6. The summed E-state index contributed by atoms with van der Waals surface area (Å²) in [6.07, 6.45) is 2.35. The van der Waals surface area contributed by atoms with E-state index >= 15 is 0 Å². The minimum atomic E-state index is -3.56. The molecule has 2 fully saturated rings. The zero-order valence-corrected chi connectivity index (χ0v) is 17.4. The molecular weight excluding hydrogens is 394 g/mol. The molecule has 156 valence electrons. The van der Waals surface area contributed by atoms with Crippen LogP contribution in [-0.2, 0) is 10.0 Å². The molecule has 8 nitrogen and oxygen atoms in total. The maximum atomic E-state index is 13.0. The third-order valence-corrected chi connectivity index (χ3v) is 7.93. The van der Waals surface area contributed by atoms with E-state index in [4.69, 9.17) is 9.26 Å². The van der Waals surface area contributed by atoms with Crippen LogP contribution in [0.15, 0.2) is 39.8 Å². The van der Waals surface area contributed by atoms with Crippen LogP contribution in [0, 0.1) is 12.3 Å². The van der Waals surface area contributed by atoms with E-state index in [2.05, 4.69) is 5.16 Å². The maximum Gasteiger partial charge on any atom is 0.276 e. The first-order valence-electron chi connectivity index (χ1n) is 9.70. The fraction of sp³-hybridized carbons (Fsp3) is 0.500. The molecule has 0 saturated carbocycles. The Morgan fingerprint density at radius 1 is 1.17 bits per heavy atom. The van der Waals surface area contributed by atoms with Gasteiger partial charge in [-0.3, -0.25) is 4.79 Å². The number of nitrogens with zero attached hydrogens (tertiary/aromatic N) is 3. The standard InChI is InChI=1S/C20H25N3O5S/c1-15-12-18(21-28-15)19(24)22-9-6-20(14-22)7-10-23(11-8-20)29(25,26)17-5-3-4-16(13-17)27-2/h3-5,12-13H,6-11,14H2,1-2H3. The fourth-order valence-corrected chi connectivity index (χ4v) is 5.73. The molecule has 2 aromatic rings. The molecule has 0 radical (unpaired) electrons. The normalized spacial score (nSPS) is 19.6. The summed E-state index contributed by atoms with van der Waals surface area (Å²) in [6.45, 7) is 3.95. The number of sulfonamides is 1. The van der Waals surface area contributed by atoms with Gasteiger partial charge in [0, 0.05) is 38.3 Å². The van der Waals surface area contributed by atoms with Gasteiger partial charge < -0.3 is 14.2 Å². The first-order valence-corrected chi connectivity index (χ1v) is 11.1. The second-order valence-electron chi connectivity index (χ2n) is 7.88. The molecule has 0 N–H and O–H groups in total. The van der Waals surface area contributed by atoms with E-state index in [-0.39, 0.29) is 16.2 Å². The van der Waals surface area contributed by atoms with Crippen molar-refractivity contribution in [2.45, 2.75) is 31.1 Å². The van der Waals surface area contributed by atoms with Gasteiger partial charge in [0.05, 0.1) is 12.0 Å². The Kier molecular flexibility index (Phi) is 5.12. The van der Waals surface area contributed by atoms with E-state index < -0.39 is 10.0 Å². The average molecular weight is 420 g/mol. The van der Waals surface area contributed by atoms with Crippen molar-refractivity contribution in [1.82, 2.24) is 14.4 Å². The Morgan fingerprint density at radius 2 is 1.90 bits per heavy atom. The predicted octanol–water partition coefficient (Wildman–Crippen LogP) is 2.31. The van der Waals surface area contributed by atoms with E-state index in [0.29, 0.717) is 43.4 Å². The van der Waals surface area contributed by atoms with Gasteiger partial charge in [0.15, 0.2) is 5.69 Å². The number of piperidine rings is 1. The minimum absolute atomic E-state index is 0.0329. The topological polar surface area (TPSA) is 93.0 Å². The van der Waals surface area contributed by atoms with Crippen LogP contribution in [-0.4, -0.2) is 62.0 Å². The highest BCUT2D eigenvalue weighted by Gasteiger charge is 2.44.